The highest BCUT2D eigenvalue weighted by Crippen LogP contribution is 2.26. The molecule has 0 bridgehead atoms. The Morgan fingerprint density at radius 2 is 1.89 bits per heavy atom. The highest BCUT2D eigenvalue weighted by molar-refractivity contribution is 6.33. The molecule has 0 saturated heterocycles. The number of anilines is 1. The number of para-hydroxylation sites is 1. The normalized spacial score (nSPS) is 12.2. The van der Waals surface area contributed by atoms with Gasteiger partial charge in [0.25, 0.3) is 0 Å². The highest BCUT2D eigenvalue weighted by Gasteiger charge is 2.09. The van der Waals surface area contributed by atoms with Crippen LogP contribution in [0.3, 0.4) is 0 Å². The van der Waals surface area contributed by atoms with Crippen molar-refractivity contribution in [3.05, 3.63) is 64.4 Å². The molecule has 0 aromatic heterocycles. The molecule has 1 nitrogen and oxygen atoms in total. The zero-order chi connectivity index (χ0) is 13.1. The number of halogens is 2. The van der Waals surface area contributed by atoms with E-state index in [0.717, 1.165) is 11.3 Å². The van der Waals surface area contributed by atoms with Crippen molar-refractivity contribution >= 4 is 17.3 Å². The molecular weight excluding hydrogens is 249 g/mol. The van der Waals surface area contributed by atoms with E-state index in [-0.39, 0.29) is 11.9 Å². The summed E-state index contributed by atoms with van der Waals surface area (Å²) in [5, 5.41) is 3.94. The van der Waals surface area contributed by atoms with Gasteiger partial charge in [0.05, 0.1) is 10.7 Å². The second kappa shape index (κ2) is 5.40. The Balaban J connectivity index is 2.19. The maximum atomic E-state index is 13.5. The summed E-state index contributed by atoms with van der Waals surface area (Å²) in [6.07, 6.45) is 0. The van der Waals surface area contributed by atoms with E-state index in [1.54, 1.807) is 19.1 Å². The fraction of sp³-hybridized carbons (Fsp3) is 0.200. The topological polar surface area (TPSA) is 12.0 Å². The average molecular weight is 264 g/mol. The van der Waals surface area contributed by atoms with Crippen molar-refractivity contribution in [3.8, 4) is 0 Å². The number of hydrogen-bond acceptors (Lipinski definition) is 1. The van der Waals surface area contributed by atoms with Gasteiger partial charge in [0, 0.05) is 6.04 Å². The van der Waals surface area contributed by atoms with Crippen molar-refractivity contribution in [1.82, 2.24) is 0 Å². The van der Waals surface area contributed by atoms with E-state index < -0.39 is 0 Å². The van der Waals surface area contributed by atoms with Crippen LogP contribution in [0.5, 0.6) is 0 Å². The van der Waals surface area contributed by atoms with Gasteiger partial charge in [-0.05, 0) is 43.2 Å². The van der Waals surface area contributed by atoms with Gasteiger partial charge >= 0.3 is 0 Å². The molecule has 2 rings (SSSR count). The van der Waals surface area contributed by atoms with Gasteiger partial charge in [-0.1, -0.05) is 35.9 Å². The lowest BCUT2D eigenvalue weighted by atomic mass is 10.1. The van der Waals surface area contributed by atoms with Crippen LogP contribution < -0.4 is 5.32 Å². The third-order valence-electron chi connectivity index (χ3n) is 2.94. The number of hydrogen-bond donors (Lipinski definition) is 1. The molecule has 0 radical (unpaired) electrons. The minimum atomic E-state index is -0.180. The highest BCUT2D eigenvalue weighted by atomic mass is 35.5. The van der Waals surface area contributed by atoms with Gasteiger partial charge in [0.2, 0.25) is 0 Å². The smallest absolute Gasteiger partial charge is 0.126 e. The number of rotatable bonds is 3. The summed E-state index contributed by atoms with van der Waals surface area (Å²) in [6.45, 7) is 3.73. The third kappa shape index (κ3) is 2.82. The lowest BCUT2D eigenvalue weighted by Gasteiger charge is -2.17. The molecule has 0 aliphatic heterocycles. The van der Waals surface area contributed by atoms with Crippen LogP contribution in [0.2, 0.25) is 5.02 Å². The van der Waals surface area contributed by atoms with Crippen LogP contribution in [0, 0.1) is 12.7 Å². The Hall–Kier alpha value is -1.54. The molecular formula is C15H15ClFN. The Morgan fingerprint density at radius 3 is 2.56 bits per heavy atom. The first-order chi connectivity index (χ1) is 8.58. The van der Waals surface area contributed by atoms with Crippen LogP contribution in [0.4, 0.5) is 10.1 Å². The van der Waals surface area contributed by atoms with Crippen LogP contribution in [-0.2, 0) is 0 Å². The fourth-order valence-electron chi connectivity index (χ4n) is 1.77. The summed E-state index contributed by atoms with van der Waals surface area (Å²) >= 11 is 6.08. The van der Waals surface area contributed by atoms with Crippen LogP contribution >= 0.6 is 11.6 Å². The first kappa shape index (κ1) is 12.9. The fourth-order valence-corrected chi connectivity index (χ4v) is 1.96. The van der Waals surface area contributed by atoms with Crippen LogP contribution in [0.15, 0.2) is 42.5 Å². The molecule has 1 atom stereocenters. The maximum Gasteiger partial charge on any atom is 0.126 e. The number of benzene rings is 2. The first-order valence-corrected chi connectivity index (χ1v) is 6.23. The van der Waals surface area contributed by atoms with Gasteiger partial charge < -0.3 is 5.32 Å². The molecule has 18 heavy (non-hydrogen) atoms. The molecule has 0 spiro atoms. The van der Waals surface area contributed by atoms with Crippen LogP contribution in [0.25, 0.3) is 0 Å². The largest absolute Gasteiger partial charge is 0.377 e. The van der Waals surface area contributed by atoms with E-state index in [0.29, 0.717) is 10.6 Å². The number of aryl methyl sites for hydroxylation is 1. The summed E-state index contributed by atoms with van der Waals surface area (Å²) in [5.74, 6) is -0.180. The lowest BCUT2D eigenvalue weighted by Crippen LogP contribution is -2.07. The minimum Gasteiger partial charge on any atom is -0.377 e. The molecule has 2 aromatic carbocycles. The molecule has 0 heterocycles. The molecule has 2 aromatic rings. The van der Waals surface area contributed by atoms with Gasteiger partial charge in [0.15, 0.2) is 0 Å². The molecule has 0 aliphatic carbocycles. The van der Waals surface area contributed by atoms with E-state index in [4.69, 9.17) is 11.6 Å². The quantitative estimate of drug-likeness (QED) is 0.825. The number of nitrogens with one attached hydrogen (secondary N) is 1. The average Bonchev–Trinajstić information content (AvgIpc) is 2.35. The van der Waals surface area contributed by atoms with Crippen LogP contribution in [-0.4, -0.2) is 0 Å². The van der Waals surface area contributed by atoms with Gasteiger partial charge in [-0.3, -0.25) is 0 Å². The Morgan fingerprint density at radius 1 is 1.17 bits per heavy atom. The van der Waals surface area contributed by atoms with E-state index in [2.05, 4.69) is 5.32 Å². The molecule has 0 amide bonds. The monoisotopic (exact) mass is 263 g/mol. The Bertz CT molecular complexity index is 554. The Kier molecular flexibility index (Phi) is 3.87. The predicted molar refractivity (Wildman–Crippen MR) is 74.6 cm³/mol. The molecule has 0 saturated carbocycles. The van der Waals surface area contributed by atoms with Crippen molar-refractivity contribution in [3.63, 3.8) is 0 Å². The zero-order valence-electron chi connectivity index (χ0n) is 10.4. The van der Waals surface area contributed by atoms with Crippen molar-refractivity contribution in [2.75, 3.05) is 5.32 Å². The third-order valence-corrected chi connectivity index (χ3v) is 3.27. The van der Waals surface area contributed by atoms with Crippen molar-refractivity contribution in [2.45, 2.75) is 19.9 Å². The Labute approximate surface area is 112 Å². The van der Waals surface area contributed by atoms with E-state index >= 15 is 0 Å². The summed E-state index contributed by atoms with van der Waals surface area (Å²) in [5.41, 5.74) is 2.41. The van der Waals surface area contributed by atoms with Gasteiger partial charge in [-0.2, -0.15) is 0 Å². The van der Waals surface area contributed by atoms with Crippen molar-refractivity contribution in [2.24, 2.45) is 0 Å². The molecule has 0 aliphatic rings. The van der Waals surface area contributed by atoms with Gasteiger partial charge in [0.1, 0.15) is 5.82 Å². The zero-order valence-corrected chi connectivity index (χ0v) is 11.1. The standard InChI is InChI=1S/C15H15ClFN/c1-10-7-8-12(9-14(10)17)11(2)18-15-6-4-3-5-13(15)16/h3-9,11,18H,1-2H3. The van der Waals surface area contributed by atoms with Crippen molar-refractivity contribution in [1.29, 1.82) is 0 Å². The second-order valence-corrected chi connectivity index (χ2v) is 4.76. The summed E-state index contributed by atoms with van der Waals surface area (Å²) in [7, 11) is 0. The van der Waals surface area contributed by atoms with E-state index in [9.17, 15) is 4.39 Å². The van der Waals surface area contributed by atoms with Gasteiger partial charge in [-0.15, -0.1) is 0 Å². The van der Waals surface area contributed by atoms with E-state index in [1.165, 1.54) is 0 Å². The first-order valence-electron chi connectivity index (χ1n) is 5.85. The van der Waals surface area contributed by atoms with Gasteiger partial charge in [-0.25, -0.2) is 4.39 Å². The maximum absolute atomic E-state index is 13.5. The van der Waals surface area contributed by atoms with E-state index in [1.807, 2.05) is 37.3 Å². The predicted octanol–water partition coefficient (Wildman–Crippen LogP) is 4.96. The molecule has 0 fully saturated rings. The molecule has 94 valence electrons. The minimum absolute atomic E-state index is 0. The molecule has 3 heteroatoms. The van der Waals surface area contributed by atoms with Crippen molar-refractivity contribution < 1.29 is 4.39 Å². The van der Waals surface area contributed by atoms with Crippen LogP contribution in [0.1, 0.15) is 24.1 Å². The lowest BCUT2D eigenvalue weighted by molar-refractivity contribution is 0.614. The molecule has 1 unspecified atom stereocenters. The molecule has 1 N–H and O–H groups in total. The SMILES string of the molecule is Cc1ccc(C(C)Nc2ccccc2Cl)cc1F. The summed E-state index contributed by atoms with van der Waals surface area (Å²) in [6, 6.07) is 12.8. The summed E-state index contributed by atoms with van der Waals surface area (Å²) in [4.78, 5) is 0. The second-order valence-electron chi connectivity index (χ2n) is 4.35. The summed E-state index contributed by atoms with van der Waals surface area (Å²) < 4.78 is 13.5.